The SMILES string of the molecule is Cc1cncc(Cn2cc(CNCC(C)C)nn2)c1. The van der Waals surface area contributed by atoms with Crippen molar-refractivity contribution in [3.8, 4) is 0 Å². The zero-order valence-corrected chi connectivity index (χ0v) is 11.8. The van der Waals surface area contributed by atoms with E-state index in [-0.39, 0.29) is 0 Å². The summed E-state index contributed by atoms with van der Waals surface area (Å²) in [6.07, 6.45) is 5.70. The van der Waals surface area contributed by atoms with E-state index in [9.17, 15) is 0 Å². The van der Waals surface area contributed by atoms with Crippen molar-refractivity contribution in [3.63, 3.8) is 0 Å². The van der Waals surface area contributed by atoms with E-state index >= 15 is 0 Å². The molecule has 102 valence electrons. The van der Waals surface area contributed by atoms with Gasteiger partial charge in [0.1, 0.15) is 0 Å². The second kappa shape index (κ2) is 6.43. The van der Waals surface area contributed by atoms with Crippen molar-refractivity contribution in [1.29, 1.82) is 0 Å². The quantitative estimate of drug-likeness (QED) is 0.859. The fraction of sp³-hybridized carbons (Fsp3) is 0.500. The van der Waals surface area contributed by atoms with Crippen LogP contribution in [-0.2, 0) is 13.1 Å². The average molecular weight is 259 g/mol. The van der Waals surface area contributed by atoms with Crippen LogP contribution >= 0.6 is 0 Å². The van der Waals surface area contributed by atoms with Gasteiger partial charge in [0, 0.05) is 18.9 Å². The lowest BCUT2D eigenvalue weighted by molar-refractivity contribution is 0.548. The van der Waals surface area contributed by atoms with Crippen molar-refractivity contribution in [3.05, 3.63) is 41.5 Å². The monoisotopic (exact) mass is 259 g/mol. The highest BCUT2D eigenvalue weighted by Crippen LogP contribution is 2.04. The van der Waals surface area contributed by atoms with E-state index in [1.54, 1.807) is 0 Å². The molecule has 0 atom stereocenters. The molecule has 0 aliphatic heterocycles. The highest BCUT2D eigenvalue weighted by atomic mass is 15.4. The van der Waals surface area contributed by atoms with E-state index < -0.39 is 0 Å². The molecule has 0 amide bonds. The molecule has 0 aliphatic rings. The number of aromatic nitrogens is 4. The summed E-state index contributed by atoms with van der Waals surface area (Å²) >= 11 is 0. The summed E-state index contributed by atoms with van der Waals surface area (Å²) in [5.41, 5.74) is 3.28. The van der Waals surface area contributed by atoms with Gasteiger partial charge in [-0.3, -0.25) is 4.98 Å². The topological polar surface area (TPSA) is 55.6 Å². The molecular weight excluding hydrogens is 238 g/mol. The fourth-order valence-corrected chi connectivity index (χ4v) is 1.88. The lowest BCUT2D eigenvalue weighted by atomic mass is 10.2. The molecule has 2 heterocycles. The van der Waals surface area contributed by atoms with Gasteiger partial charge in [0.25, 0.3) is 0 Å². The molecule has 5 heteroatoms. The summed E-state index contributed by atoms with van der Waals surface area (Å²) in [7, 11) is 0. The molecule has 0 saturated carbocycles. The molecule has 0 bridgehead atoms. The van der Waals surface area contributed by atoms with Gasteiger partial charge in [0.2, 0.25) is 0 Å². The Balaban J connectivity index is 1.90. The van der Waals surface area contributed by atoms with Gasteiger partial charge < -0.3 is 5.32 Å². The third-order valence-corrected chi connectivity index (χ3v) is 2.72. The Hall–Kier alpha value is -1.75. The van der Waals surface area contributed by atoms with Gasteiger partial charge in [-0.2, -0.15) is 0 Å². The lowest BCUT2D eigenvalue weighted by Crippen LogP contribution is -2.19. The van der Waals surface area contributed by atoms with E-state index in [4.69, 9.17) is 0 Å². The van der Waals surface area contributed by atoms with Gasteiger partial charge in [0.15, 0.2) is 0 Å². The highest BCUT2D eigenvalue weighted by molar-refractivity contribution is 5.16. The number of hydrogen-bond acceptors (Lipinski definition) is 4. The van der Waals surface area contributed by atoms with E-state index in [1.165, 1.54) is 0 Å². The summed E-state index contributed by atoms with van der Waals surface area (Å²) < 4.78 is 1.85. The third kappa shape index (κ3) is 4.44. The second-order valence-corrected chi connectivity index (χ2v) is 5.30. The summed E-state index contributed by atoms with van der Waals surface area (Å²) in [6.45, 7) is 8.90. The van der Waals surface area contributed by atoms with Gasteiger partial charge >= 0.3 is 0 Å². The predicted molar refractivity (Wildman–Crippen MR) is 74.6 cm³/mol. The number of pyridine rings is 1. The minimum absolute atomic E-state index is 0.647. The minimum Gasteiger partial charge on any atom is -0.311 e. The molecule has 0 saturated heterocycles. The van der Waals surface area contributed by atoms with Gasteiger partial charge in [-0.1, -0.05) is 25.1 Å². The van der Waals surface area contributed by atoms with E-state index in [1.807, 2.05) is 30.2 Å². The molecular formula is C14H21N5. The van der Waals surface area contributed by atoms with Crippen molar-refractivity contribution in [1.82, 2.24) is 25.3 Å². The van der Waals surface area contributed by atoms with Crippen molar-refractivity contribution < 1.29 is 0 Å². The molecule has 0 aliphatic carbocycles. The number of nitrogens with one attached hydrogen (secondary N) is 1. The Bertz CT molecular complexity index is 518. The van der Waals surface area contributed by atoms with Crippen LogP contribution in [0, 0.1) is 12.8 Å². The van der Waals surface area contributed by atoms with Crippen LogP contribution in [0.15, 0.2) is 24.7 Å². The second-order valence-electron chi connectivity index (χ2n) is 5.30. The van der Waals surface area contributed by atoms with Gasteiger partial charge in [-0.15, -0.1) is 5.10 Å². The summed E-state index contributed by atoms with van der Waals surface area (Å²) in [5.74, 6) is 0.647. The molecule has 1 N–H and O–H groups in total. The van der Waals surface area contributed by atoms with Crippen molar-refractivity contribution in [2.45, 2.75) is 33.9 Å². The van der Waals surface area contributed by atoms with Gasteiger partial charge in [-0.05, 0) is 30.5 Å². The van der Waals surface area contributed by atoms with E-state index in [0.717, 1.165) is 29.9 Å². The molecule has 0 fully saturated rings. The summed E-state index contributed by atoms with van der Waals surface area (Å²) in [6, 6.07) is 2.12. The Morgan fingerprint density at radius 2 is 2.16 bits per heavy atom. The van der Waals surface area contributed by atoms with Crippen LogP contribution < -0.4 is 5.32 Å². The molecule has 0 spiro atoms. The van der Waals surface area contributed by atoms with Crippen molar-refractivity contribution in [2.24, 2.45) is 5.92 Å². The minimum atomic E-state index is 0.647. The van der Waals surface area contributed by atoms with Crippen LogP contribution in [0.4, 0.5) is 0 Å². The Morgan fingerprint density at radius 3 is 2.89 bits per heavy atom. The van der Waals surface area contributed by atoms with Crippen LogP contribution in [0.2, 0.25) is 0 Å². The van der Waals surface area contributed by atoms with Gasteiger partial charge in [-0.25, -0.2) is 4.68 Å². The lowest BCUT2D eigenvalue weighted by Gasteiger charge is -2.04. The smallest absolute Gasteiger partial charge is 0.0964 e. The highest BCUT2D eigenvalue weighted by Gasteiger charge is 2.02. The molecule has 0 aromatic carbocycles. The molecule has 2 aromatic rings. The Morgan fingerprint density at radius 1 is 1.32 bits per heavy atom. The Labute approximate surface area is 114 Å². The Kier molecular flexibility index (Phi) is 4.63. The first-order valence-electron chi connectivity index (χ1n) is 6.63. The fourth-order valence-electron chi connectivity index (χ4n) is 1.88. The normalized spacial score (nSPS) is 11.2. The maximum Gasteiger partial charge on any atom is 0.0964 e. The molecule has 5 nitrogen and oxygen atoms in total. The first kappa shape index (κ1) is 13.7. The summed E-state index contributed by atoms with van der Waals surface area (Å²) in [4.78, 5) is 4.18. The molecule has 2 rings (SSSR count). The first-order valence-corrected chi connectivity index (χ1v) is 6.63. The van der Waals surface area contributed by atoms with Crippen LogP contribution in [0.5, 0.6) is 0 Å². The summed E-state index contributed by atoms with van der Waals surface area (Å²) in [5, 5.41) is 11.7. The van der Waals surface area contributed by atoms with Crippen LogP contribution in [0.25, 0.3) is 0 Å². The molecule has 0 radical (unpaired) electrons. The first-order chi connectivity index (χ1) is 9.13. The van der Waals surface area contributed by atoms with Crippen LogP contribution in [0.3, 0.4) is 0 Å². The van der Waals surface area contributed by atoms with Gasteiger partial charge in [0.05, 0.1) is 18.4 Å². The van der Waals surface area contributed by atoms with Crippen LogP contribution in [0.1, 0.15) is 30.7 Å². The molecule has 2 aromatic heterocycles. The number of hydrogen-bond donors (Lipinski definition) is 1. The van der Waals surface area contributed by atoms with Crippen LogP contribution in [-0.4, -0.2) is 26.5 Å². The maximum atomic E-state index is 4.18. The number of nitrogens with zero attached hydrogens (tertiary/aromatic N) is 4. The largest absolute Gasteiger partial charge is 0.311 e. The average Bonchev–Trinajstić information content (AvgIpc) is 2.76. The third-order valence-electron chi connectivity index (χ3n) is 2.72. The molecule has 19 heavy (non-hydrogen) atoms. The zero-order chi connectivity index (χ0) is 13.7. The predicted octanol–water partition coefficient (Wildman–Crippen LogP) is 1.78. The van der Waals surface area contributed by atoms with E-state index in [0.29, 0.717) is 12.5 Å². The number of rotatable bonds is 6. The van der Waals surface area contributed by atoms with Crippen molar-refractivity contribution >= 4 is 0 Å². The number of aryl methyl sites for hydroxylation is 1. The van der Waals surface area contributed by atoms with Crippen molar-refractivity contribution in [2.75, 3.05) is 6.54 Å². The maximum absolute atomic E-state index is 4.18. The van der Waals surface area contributed by atoms with E-state index in [2.05, 4.69) is 40.5 Å². The standard InChI is InChI=1S/C14H21N5/c1-11(2)5-15-8-14-10-19(18-17-14)9-13-4-12(3)6-16-7-13/h4,6-7,10-11,15H,5,8-9H2,1-3H3. The zero-order valence-electron chi connectivity index (χ0n) is 11.8. The molecule has 0 unspecified atom stereocenters.